The van der Waals surface area contributed by atoms with Crippen LogP contribution in [-0.4, -0.2) is 0 Å². The Morgan fingerprint density at radius 1 is 1.16 bits per heavy atom. The zero-order chi connectivity index (χ0) is 14.0. The van der Waals surface area contributed by atoms with Crippen LogP contribution in [0.1, 0.15) is 33.8 Å². The lowest BCUT2D eigenvalue weighted by molar-refractivity contribution is 0.579. The van der Waals surface area contributed by atoms with Crippen LogP contribution in [0.5, 0.6) is 0 Å². The monoisotopic (exact) mass is 313 g/mol. The highest BCUT2D eigenvalue weighted by Crippen LogP contribution is 2.26. The lowest BCUT2D eigenvalue weighted by Crippen LogP contribution is -2.17. The fourth-order valence-electron chi connectivity index (χ4n) is 1.89. The number of halogens is 2. The highest BCUT2D eigenvalue weighted by atomic mass is 35.5. The lowest BCUT2D eigenvalue weighted by Gasteiger charge is -2.14. The quantitative estimate of drug-likeness (QED) is 0.783. The van der Waals surface area contributed by atoms with E-state index in [-0.39, 0.29) is 6.04 Å². The molecule has 0 saturated heterocycles. The van der Waals surface area contributed by atoms with Crippen LogP contribution in [0.25, 0.3) is 0 Å². The predicted octanol–water partition coefficient (Wildman–Crippen LogP) is 5.52. The van der Waals surface area contributed by atoms with Crippen molar-refractivity contribution in [3.63, 3.8) is 0 Å². The van der Waals surface area contributed by atoms with Crippen molar-refractivity contribution in [3.05, 3.63) is 55.2 Å². The molecule has 0 fully saturated rings. The van der Waals surface area contributed by atoms with Gasteiger partial charge in [0.25, 0.3) is 0 Å². The Morgan fingerprint density at radius 3 is 2.47 bits per heavy atom. The molecule has 1 N–H and O–H groups in total. The number of hydrogen-bond acceptors (Lipinski definition) is 2. The maximum atomic E-state index is 6.04. The molecule has 0 aliphatic carbocycles. The fraction of sp³-hybridized carbons (Fsp3) is 0.333. The summed E-state index contributed by atoms with van der Waals surface area (Å²) in [4.78, 5) is 2.75. The van der Waals surface area contributed by atoms with Gasteiger partial charge in [-0.25, -0.2) is 0 Å². The van der Waals surface area contributed by atoms with Crippen molar-refractivity contribution in [2.45, 2.75) is 33.4 Å². The second kappa shape index (κ2) is 6.27. The number of hydrogen-bond donors (Lipinski definition) is 1. The molecular weight excluding hydrogens is 297 g/mol. The maximum absolute atomic E-state index is 6.04. The molecule has 1 nitrogen and oxygen atoms in total. The van der Waals surface area contributed by atoms with Crippen LogP contribution in [-0.2, 0) is 6.54 Å². The van der Waals surface area contributed by atoms with Crippen LogP contribution in [0, 0.1) is 13.8 Å². The van der Waals surface area contributed by atoms with Gasteiger partial charge in [0.1, 0.15) is 0 Å². The molecule has 1 atom stereocenters. The summed E-state index contributed by atoms with van der Waals surface area (Å²) < 4.78 is 0. The first kappa shape index (κ1) is 14.9. The molecule has 0 aliphatic heterocycles. The van der Waals surface area contributed by atoms with Crippen LogP contribution in [0.2, 0.25) is 10.0 Å². The summed E-state index contributed by atoms with van der Waals surface area (Å²) in [5.74, 6) is 0. The molecule has 102 valence electrons. The van der Waals surface area contributed by atoms with Crippen LogP contribution in [0.15, 0.2) is 24.3 Å². The molecule has 1 unspecified atom stereocenters. The second-order valence-corrected chi connectivity index (χ2v) is 6.88. The predicted molar refractivity (Wildman–Crippen MR) is 85.5 cm³/mol. The zero-order valence-electron chi connectivity index (χ0n) is 11.3. The molecule has 0 bridgehead atoms. The minimum absolute atomic E-state index is 0.248. The second-order valence-electron chi connectivity index (χ2n) is 4.73. The number of benzene rings is 1. The largest absolute Gasteiger partial charge is 0.305 e. The van der Waals surface area contributed by atoms with Crippen LogP contribution >= 0.6 is 34.5 Å². The summed E-state index contributed by atoms with van der Waals surface area (Å²) in [5, 5.41) is 4.72. The number of nitrogens with one attached hydrogen (secondary N) is 1. The van der Waals surface area contributed by atoms with Crippen LogP contribution < -0.4 is 5.32 Å². The molecule has 0 amide bonds. The van der Waals surface area contributed by atoms with Crippen molar-refractivity contribution in [1.29, 1.82) is 0 Å². The average Bonchev–Trinajstić information content (AvgIpc) is 2.69. The first-order valence-corrected chi connectivity index (χ1v) is 7.79. The maximum Gasteiger partial charge on any atom is 0.0595 e. The van der Waals surface area contributed by atoms with Crippen molar-refractivity contribution in [2.75, 3.05) is 0 Å². The molecule has 2 rings (SSSR count). The van der Waals surface area contributed by atoms with Gasteiger partial charge in [0.2, 0.25) is 0 Å². The summed E-state index contributed by atoms with van der Waals surface area (Å²) in [6, 6.07) is 8.27. The Morgan fingerprint density at radius 2 is 1.89 bits per heavy atom. The molecule has 4 heteroatoms. The smallest absolute Gasteiger partial charge is 0.0595 e. The Balaban J connectivity index is 2.00. The SMILES string of the molecule is Cc1cc(CNC(C)c2ccc(Cl)c(Cl)c2)sc1C. The van der Waals surface area contributed by atoms with Crippen molar-refractivity contribution < 1.29 is 0 Å². The van der Waals surface area contributed by atoms with Gasteiger partial charge < -0.3 is 5.32 Å². The summed E-state index contributed by atoms with van der Waals surface area (Å²) in [6.45, 7) is 7.32. The van der Waals surface area contributed by atoms with E-state index >= 15 is 0 Å². The minimum Gasteiger partial charge on any atom is -0.305 e. The molecular formula is C15H17Cl2NS. The lowest BCUT2D eigenvalue weighted by atomic mass is 10.1. The van der Waals surface area contributed by atoms with Crippen molar-refractivity contribution in [2.24, 2.45) is 0 Å². The van der Waals surface area contributed by atoms with Gasteiger partial charge in [-0.3, -0.25) is 0 Å². The highest BCUT2D eigenvalue weighted by Gasteiger charge is 2.08. The number of rotatable bonds is 4. The van der Waals surface area contributed by atoms with Gasteiger partial charge in [0.15, 0.2) is 0 Å². The molecule has 1 heterocycles. The Labute approximate surface area is 128 Å². The van der Waals surface area contributed by atoms with Gasteiger partial charge in [-0.1, -0.05) is 29.3 Å². The van der Waals surface area contributed by atoms with E-state index in [2.05, 4.69) is 32.2 Å². The van der Waals surface area contributed by atoms with Crippen molar-refractivity contribution >= 4 is 34.5 Å². The van der Waals surface area contributed by atoms with E-state index in [4.69, 9.17) is 23.2 Å². The van der Waals surface area contributed by atoms with E-state index < -0.39 is 0 Å². The molecule has 0 spiro atoms. The fourth-order valence-corrected chi connectivity index (χ4v) is 3.20. The minimum atomic E-state index is 0.248. The third kappa shape index (κ3) is 3.73. The van der Waals surface area contributed by atoms with Gasteiger partial charge in [-0.2, -0.15) is 0 Å². The van der Waals surface area contributed by atoms with Gasteiger partial charge in [-0.05, 0) is 50.1 Å². The zero-order valence-corrected chi connectivity index (χ0v) is 13.6. The molecule has 1 aromatic carbocycles. The summed E-state index contributed by atoms with van der Waals surface area (Å²) in [5.41, 5.74) is 2.52. The van der Waals surface area contributed by atoms with E-state index in [1.54, 1.807) is 0 Å². The summed E-state index contributed by atoms with van der Waals surface area (Å²) >= 11 is 13.8. The molecule has 0 radical (unpaired) electrons. The van der Waals surface area contributed by atoms with Crippen molar-refractivity contribution in [3.8, 4) is 0 Å². The molecule has 1 aromatic heterocycles. The van der Waals surface area contributed by atoms with E-state index in [0.717, 1.165) is 12.1 Å². The third-order valence-electron chi connectivity index (χ3n) is 3.24. The first-order chi connectivity index (χ1) is 8.97. The normalized spacial score (nSPS) is 12.7. The Hall–Kier alpha value is -0.540. The molecule has 2 aromatic rings. The van der Waals surface area contributed by atoms with Crippen LogP contribution in [0.3, 0.4) is 0 Å². The average molecular weight is 314 g/mol. The molecule has 0 saturated carbocycles. The van der Waals surface area contributed by atoms with Gasteiger partial charge >= 0.3 is 0 Å². The molecule has 19 heavy (non-hydrogen) atoms. The van der Waals surface area contributed by atoms with Gasteiger partial charge in [-0.15, -0.1) is 11.3 Å². The molecule has 0 aliphatic rings. The number of aryl methyl sites for hydroxylation is 2. The number of thiophene rings is 1. The van der Waals surface area contributed by atoms with E-state index in [1.165, 1.54) is 15.3 Å². The van der Waals surface area contributed by atoms with E-state index in [1.807, 2.05) is 29.5 Å². The Kier molecular flexibility index (Phi) is 4.91. The summed E-state index contributed by atoms with van der Waals surface area (Å²) in [6.07, 6.45) is 0. The van der Waals surface area contributed by atoms with Crippen LogP contribution in [0.4, 0.5) is 0 Å². The standard InChI is InChI=1S/C15H17Cl2NS/c1-9-6-13(19-11(9)3)8-18-10(2)12-4-5-14(16)15(17)7-12/h4-7,10,18H,8H2,1-3H3. The highest BCUT2D eigenvalue weighted by molar-refractivity contribution is 7.12. The van der Waals surface area contributed by atoms with Crippen molar-refractivity contribution in [1.82, 2.24) is 5.32 Å². The Bertz CT molecular complexity index is 558. The van der Waals surface area contributed by atoms with E-state index in [0.29, 0.717) is 10.0 Å². The van der Waals surface area contributed by atoms with E-state index in [9.17, 15) is 0 Å². The first-order valence-electron chi connectivity index (χ1n) is 6.21. The topological polar surface area (TPSA) is 12.0 Å². The summed E-state index contributed by atoms with van der Waals surface area (Å²) in [7, 11) is 0. The third-order valence-corrected chi connectivity index (χ3v) is 5.13. The van der Waals surface area contributed by atoms with Gasteiger partial charge in [0, 0.05) is 22.3 Å². The van der Waals surface area contributed by atoms with Gasteiger partial charge in [0.05, 0.1) is 10.0 Å².